The molecule has 4 heteroatoms. The summed E-state index contributed by atoms with van der Waals surface area (Å²) in [5, 5.41) is 0. The number of carbonyl (C=O) groups excluding carboxylic acids is 1. The van der Waals surface area contributed by atoms with Gasteiger partial charge in [0.15, 0.2) is 0 Å². The fourth-order valence-electron chi connectivity index (χ4n) is 3.22. The molecule has 112 valence electrons. The smallest absolute Gasteiger partial charge is 0.320 e. The van der Waals surface area contributed by atoms with E-state index in [-0.39, 0.29) is 5.97 Å². The molecule has 3 unspecified atom stereocenters. The van der Waals surface area contributed by atoms with Crippen molar-refractivity contribution in [3.63, 3.8) is 0 Å². The molecular weight excluding hydrogens is 240 g/mol. The first-order valence-corrected chi connectivity index (χ1v) is 7.75. The van der Waals surface area contributed by atoms with E-state index in [0.29, 0.717) is 25.1 Å². The summed E-state index contributed by atoms with van der Waals surface area (Å²) in [6.07, 6.45) is 4.88. The lowest BCUT2D eigenvalue weighted by atomic mass is 9.76. The summed E-state index contributed by atoms with van der Waals surface area (Å²) in [5.41, 5.74) is 5.92. The van der Waals surface area contributed by atoms with Crippen molar-refractivity contribution in [3.05, 3.63) is 0 Å². The number of hydrogen-bond donors (Lipinski definition) is 1. The van der Waals surface area contributed by atoms with Gasteiger partial charge in [-0.05, 0) is 44.7 Å². The van der Waals surface area contributed by atoms with Crippen molar-refractivity contribution in [1.82, 2.24) is 4.90 Å². The predicted molar refractivity (Wildman–Crippen MR) is 77.8 cm³/mol. The van der Waals surface area contributed by atoms with E-state index in [9.17, 15) is 4.79 Å². The van der Waals surface area contributed by atoms with Gasteiger partial charge in [-0.2, -0.15) is 0 Å². The van der Waals surface area contributed by atoms with E-state index in [1.54, 1.807) is 0 Å². The van der Waals surface area contributed by atoms with Gasteiger partial charge in [-0.15, -0.1) is 0 Å². The van der Waals surface area contributed by atoms with Crippen LogP contribution in [-0.2, 0) is 9.53 Å². The highest BCUT2D eigenvalue weighted by molar-refractivity contribution is 5.71. The molecule has 1 fully saturated rings. The standard InChI is InChI=1S/C15H30N2O2/c1-4-12-7-8-13(10-16)14(9-12)17(5-2)11-15(18)19-6-3/h12-14H,4-11,16H2,1-3H3. The molecule has 4 nitrogen and oxygen atoms in total. The van der Waals surface area contributed by atoms with Gasteiger partial charge >= 0.3 is 5.97 Å². The van der Waals surface area contributed by atoms with E-state index >= 15 is 0 Å². The maximum absolute atomic E-state index is 11.7. The van der Waals surface area contributed by atoms with E-state index in [0.717, 1.165) is 19.0 Å². The van der Waals surface area contributed by atoms with Crippen LogP contribution in [0.2, 0.25) is 0 Å². The number of likely N-dealkylation sites (N-methyl/N-ethyl adjacent to an activating group) is 1. The second-order valence-corrected chi connectivity index (χ2v) is 5.52. The Kier molecular flexibility index (Phi) is 7.39. The van der Waals surface area contributed by atoms with Crippen molar-refractivity contribution < 1.29 is 9.53 Å². The van der Waals surface area contributed by atoms with Gasteiger partial charge in [-0.3, -0.25) is 9.69 Å². The molecule has 0 bridgehead atoms. The normalized spacial score (nSPS) is 27.5. The first-order chi connectivity index (χ1) is 9.15. The zero-order chi connectivity index (χ0) is 14.3. The maximum Gasteiger partial charge on any atom is 0.320 e. The summed E-state index contributed by atoms with van der Waals surface area (Å²) in [7, 11) is 0. The zero-order valence-corrected chi connectivity index (χ0v) is 12.7. The minimum atomic E-state index is -0.112. The maximum atomic E-state index is 11.7. The van der Waals surface area contributed by atoms with Gasteiger partial charge < -0.3 is 10.5 Å². The molecule has 0 aromatic heterocycles. The predicted octanol–water partition coefficient (Wildman–Crippen LogP) is 2.02. The Morgan fingerprint density at radius 2 is 2.05 bits per heavy atom. The van der Waals surface area contributed by atoms with Crippen molar-refractivity contribution in [2.24, 2.45) is 17.6 Å². The highest BCUT2D eigenvalue weighted by Gasteiger charge is 2.33. The topological polar surface area (TPSA) is 55.6 Å². The molecule has 1 rings (SSSR count). The molecule has 3 atom stereocenters. The fraction of sp³-hybridized carbons (Fsp3) is 0.933. The molecule has 0 amide bonds. The van der Waals surface area contributed by atoms with E-state index in [4.69, 9.17) is 10.5 Å². The van der Waals surface area contributed by atoms with Crippen LogP contribution in [0.5, 0.6) is 0 Å². The highest BCUT2D eigenvalue weighted by Crippen LogP contribution is 2.33. The lowest BCUT2D eigenvalue weighted by molar-refractivity contribution is -0.145. The molecule has 1 aliphatic rings. The summed E-state index contributed by atoms with van der Waals surface area (Å²) in [6, 6.07) is 0.443. The lowest BCUT2D eigenvalue weighted by Crippen LogP contribution is -2.48. The average molecular weight is 270 g/mol. The summed E-state index contributed by atoms with van der Waals surface area (Å²) >= 11 is 0. The Morgan fingerprint density at radius 3 is 2.58 bits per heavy atom. The van der Waals surface area contributed by atoms with Crippen LogP contribution >= 0.6 is 0 Å². The summed E-state index contributed by atoms with van der Waals surface area (Å²) in [4.78, 5) is 14.0. The third kappa shape index (κ3) is 4.77. The SMILES string of the molecule is CCOC(=O)CN(CC)C1CC(CC)CCC1CN. The van der Waals surface area contributed by atoms with E-state index in [1.165, 1.54) is 25.7 Å². The number of rotatable bonds is 7. The second-order valence-electron chi connectivity index (χ2n) is 5.52. The first-order valence-electron chi connectivity index (χ1n) is 7.75. The zero-order valence-electron chi connectivity index (χ0n) is 12.7. The first kappa shape index (κ1) is 16.4. The highest BCUT2D eigenvalue weighted by atomic mass is 16.5. The fourth-order valence-corrected chi connectivity index (χ4v) is 3.22. The monoisotopic (exact) mass is 270 g/mol. The van der Waals surface area contributed by atoms with Gasteiger partial charge in [0.25, 0.3) is 0 Å². The summed E-state index contributed by atoms with van der Waals surface area (Å²) in [5.74, 6) is 1.19. The van der Waals surface area contributed by atoms with Gasteiger partial charge in [-0.1, -0.05) is 26.7 Å². The van der Waals surface area contributed by atoms with E-state index in [2.05, 4.69) is 18.7 Å². The summed E-state index contributed by atoms with van der Waals surface area (Å²) in [6.45, 7) is 8.69. The van der Waals surface area contributed by atoms with Crippen LogP contribution in [0, 0.1) is 11.8 Å². The number of ether oxygens (including phenoxy) is 1. The van der Waals surface area contributed by atoms with Crippen molar-refractivity contribution in [2.45, 2.75) is 52.5 Å². The van der Waals surface area contributed by atoms with Crippen molar-refractivity contribution in [3.8, 4) is 0 Å². The number of hydrogen-bond acceptors (Lipinski definition) is 4. The Bertz CT molecular complexity index is 271. The largest absolute Gasteiger partial charge is 0.465 e. The minimum Gasteiger partial charge on any atom is -0.465 e. The lowest BCUT2D eigenvalue weighted by Gasteiger charge is -2.41. The molecule has 0 aliphatic heterocycles. The van der Waals surface area contributed by atoms with Crippen LogP contribution in [-0.4, -0.2) is 43.2 Å². The second kappa shape index (κ2) is 8.54. The van der Waals surface area contributed by atoms with Crippen LogP contribution in [0.25, 0.3) is 0 Å². The molecule has 0 spiro atoms. The molecule has 19 heavy (non-hydrogen) atoms. The quantitative estimate of drug-likeness (QED) is 0.719. The van der Waals surface area contributed by atoms with Crippen molar-refractivity contribution >= 4 is 5.97 Å². The van der Waals surface area contributed by atoms with E-state index < -0.39 is 0 Å². The molecule has 0 radical (unpaired) electrons. The number of nitrogens with two attached hydrogens (primary N) is 1. The van der Waals surface area contributed by atoms with Crippen LogP contribution in [0.4, 0.5) is 0 Å². The molecular formula is C15H30N2O2. The van der Waals surface area contributed by atoms with Gasteiger partial charge in [0.2, 0.25) is 0 Å². The van der Waals surface area contributed by atoms with Crippen LogP contribution < -0.4 is 5.73 Å². The molecule has 0 saturated heterocycles. The van der Waals surface area contributed by atoms with E-state index in [1.807, 2.05) is 6.92 Å². The molecule has 2 N–H and O–H groups in total. The van der Waals surface area contributed by atoms with Crippen LogP contribution in [0.3, 0.4) is 0 Å². The van der Waals surface area contributed by atoms with Crippen molar-refractivity contribution in [1.29, 1.82) is 0 Å². The Morgan fingerprint density at radius 1 is 1.32 bits per heavy atom. The van der Waals surface area contributed by atoms with Gasteiger partial charge in [0.1, 0.15) is 0 Å². The number of carbonyl (C=O) groups is 1. The third-order valence-corrected chi connectivity index (χ3v) is 4.46. The molecule has 1 aliphatic carbocycles. The Hall–Kier alpha value is -0.610. The number of esters is 1. The minimum absolute atomic E-state index is 0.112. The van der Waals surface area contributed by atoms with Crippen LogP contribution in [0.1, 0.15) is 46.5 Å². The van der Waals surface area contributed by atoms with Gasteiger partial charge in [-0.25, -0.2) is 0 Å². The molecule has 0 heterocycles. The Balaban J connectivity index is 2.65. The van der Waals surface area contributed by atoms with Gasteiger partial charge in [0, 0.05) is 6.04 Å². The molecule has 1 saturated carbocycles. The molecule has 0 aromatic carbocycles. The van der Waals surface area contributed by atoms with Crippen LogP contribution in [0.15, 0.2) is 0 Å². The number of nitrogens with zero attached hydrogens (tertiary/aromatic N) is 1. The third-order valence-electron chi connectivity index (χ3n) is 4.46. The average Bonchev–Trinajstić information content (AvgIpc) is 2.44. The van der Waals surface area contributed by atoms with Crippen molar-refractivity contribution in [2.75, 3.05) is 26.2 Å². The Labute approximate surface area is 117 Å². The van der Waals surface area contributed by atoms with Gasteiger partial charge in [0.05, 0.1) is 13.2 Å². The molecule has 0 aromatic rings. The summed E-state index contributed by atoms with van der Waals surface area (Å²) < 4.78 is 5.08.